The van der Waals surface area contributed by atoms with Crippen molar-refractivity contribution in [3.8, 4) is 0 Å². The number of nitrogens with one attached hydrogen (secondary N) is 1. The third kappa shape index (κ3) is 2.98. The highest BCUT2D eigenvalue weighted by Gasteiger charge is 2.34. The number of aromatic nitrogens is 2. The summed E-state index contributed by atoms with van der Waals surface area (Å²) in [5.74, 6) is 3.34. The zero-order valence-electron chi connectivity index (χ0n) is 13.3. The van der Waals surface area contributed by atoms with Gasteiger partial charge in [0.2, 0.25) is 0 Å². The first kappa shape index (κ1) is 14.6. The fourth-order valence-corrected chi connectivity index (χ4v) is 3.37. The number of aliphatic hydroxyl groups is 1. The van der Waals surface area contributed by atoms with E-state index in [1.165, 1.54) is 12.8 Å². The maximum Gasteiger partial charge on any atom is 0.137 e. The van der Waals surface area contributed by atoms with E-state index in [0.717, 1.165) is 48.7 Å². The molecular formula is C16H26N4O. The monoisotopic (exact) mass is 290 g/mol. The zero-order valence-corrected chi connectivity index (χ0v) is 13.3. The lowest BCUT2D eigenvalue weighted by Gasteiger charge is -2.30. The molecular weight excluding hydrogens is 264 g/mol. The van der Waals surface area contributed by atoms with E-state index in [4.69, 9.17) is 4.98 Å². The van der Waals surface area contributed by atoms with Crippen molar-refractivity contribution in [1.82, 2.24) is 9.97 Å². The lowest BCUT2D eigenvalue weighted by atomic mass is 10.0. The largest absolute Gasteiger partial charge is 0.388 e. The van der Waals surface area contributed by atoms with Crippen molar-refractivity contribution < 1.29 is 5.11 Å². The highest BCUT2D eigenvalue weighted by molar-refractivity contribution is 5.58. The van der Waals surface area contributed by atoms with Crippen LogP contribution in [0.4, 0.5) is 11.6 Å². The van der Waals surface area contributed by atoms with Gasteiger partial charge < -0.3 is 15.3 Å². The predicted octanol–water partition coefficient (Wildman–Crippen LogP) is 2.45. The zero-order chi connectivity index (χ0) is 15.0. The molecule has 1 aromatic heterocycles. The van der Waals surface area contributed by atoms with Crippen LogP contribution in [0, 0.1) is 6.92 Å². The number of hydrogen-bond donors (Lipinski definition) is 2. The van der Waals surface area contributed by atoms with Gasteiger partial charge in [0.25, 0.3) is 0 Å². The summed E-state index contributed by atoms with van der Waals surface area (Å²) in [6, 6.07) is 0. The molecule has 2 N–H and O–H groups in total. The molecule has 0 aliphatic heterocycles. The van der Waals surface area contributed by atoms with Gasteiger partial charge in [-0.15, -0.1) is 0 Å². The van der Waals surface area contributed by atoms with Crippen molar-refractivity contribution in [2.24, 2.45) is 0 Å². The van der Waals surface area contributed by atoms with Crippen molar-refractivity contribution in [2.45, 2.75) is 57.0 Å². The number of hydrogen-bond acceptors (Lipinski definition) is 5. The van der Waals surface area contributed by atoms with Crippen LogP contribution >= 0.6 is 0 Å². The normalized spacial score (nSPS) is 20.6. The van der Waals surface area contributed by atoms with Gasteiger partial charge in [0.05, 0.1) is 5.60 Å². The average molecular weight is 290 g/mol. The van der Waals surface area contributed by atoms with Gasteiger partial charge in [0.1, 0.15) is 17.5 Å². The number of rotatable bonds is 5. The van der Waals surface area contributed by atoms with Crippen LogP contribution in [0.1, 0.15) is 55.8 Å². The smallest absolute Gasteiger partial charge is 0.137 e. The molecule has 0 unspecified atom stereocenters. The molecule has 116 valence electrons. The quantitative estimate of drug-likeness (QED) is 0.872. The Morgan fingerprint density at radius 3 is 2.52 bits per heavy atom. The summed E-state index contributed by atoms with van der Waals surface area (Å²) in [6.45, 7) is 2.70. The molecule has 2 aliphatic carbocycles. The van der Waals surface area contributed by atoms with E-state index in [9.17, 15) is 5.11 Å². The van der Waals surface area contributed by atoms with Crippen LogP contribution in [-0.4, -0.2) is 41.3 Å². The Morgan fingerprint density at radius 1 is 1.29 bits per heavy atom. The second-order valence-corrected chi connectivity index (χ2v) is 6.69. The van der Waals surface area contributed by atoms with Gasteiger partial charge >= 0.3 is 0 Å². The van der Waals surface area contributed by atoms with Gasteiger partial charge in [-0.3, -0.25) is 0 Å². The lowest BCUT2D eigenvalue weighted by Crippen LogP contribution is -2.40. The van der Waals surface area contributed by atoms with Crippen LogP contribution in [0.15, 0.2) is 0 Å². The number of anilines is 2. The minimum Gasteiger partial charge on any atom is -0.388 e. The number of nitrogens with zero attached hydrogens (tertiary/aromatic N) is 3. The molecule has 1 aromatic rings. The molecule has 5 nitrogen and oxygen atoms in total. The van der Waals surface area contributed by atoms with Crippen LogP contribution < -0.4 is 10.2 Å². The summed E-state index contributed by atoms with van der Waals surface area (Å²) in [4.78, 5) is 11.5. The first-order valence-electron chi connectivity index (χ1n) is 8.02. The maximum absolute atomic E-state index is 10.6. The second kappa shape index (κ2) is 5.44. The minimum absolute atomic E-state index is 0.527. The summed E-state index contributed by atoms with van der Waals surface area (Å²) in [5, 5.41) is 13.8. The highest BCUT2D eigenvalue weighted by Crippen LogP contribution is 2.40. The van der Waals surface area contributed by atoms with Crippen LogP contribution in [-0.2, 0) is 0 Å². The Morgan fingerprint density at radius 2 is 1.95 bits per heavy atom. The Hall–Kier alpha value is -1.36. The predicted molar refractivity (Wildman–Crippen MR) is 85.0 cm³/mol. The van der Waals surface area contributed by atoms with Crippen LogP contribution in [0.25, 0.3) is 0 Å². The van der Waals surface area contributed by atoms with Crippen molar-refractivity contribution in [2.75, 3.05) is 30.9 Å². The second-order valence-electron chi connectivity index (χ2n) is 6.69. The molecule has 21 heavy (non-hydrogen) atoms. The summed E-state index contributed by atoms with van der Waals surface area (Å²) in [7, 11) is 3.93. The first-order chi connectivity index (χ1) is 10.0. The van der Waals surface area contributed by atoms with Gasteiger partial charge in [-0.2, -0.15) is 0 Å². The van der Waals surface area contributed by atoms with E-state index in [0.29, 0.717) is 12.5 Å². The first-order valence-corrected chi connectivity index (χ1v) is 8.02. The third-order valence-corrected chi connectivity index (χ3v) is 4.74. The molecule has 2 fully saturated rings. The Bertz CT molecular complexity index is 521. The van der Waals surface area contributed by atoms with Crippen molar-refractivity contribution in [1.29, 1.82) is 0 Å². The SMILES string of the molecule is CNc1nc(C2CC2)nc(N(C)CC2(O)CCCC2)c1C. The molecule has 0 aromatic carbocycles. The maximum atomic E-state index is 10.6. The topological polar surface area (TPSA) is 61.3 Å². The Kier molecular flexibility index (Phi) is 3.78. The van der Waals surface area contributed by atoms with Crippen molar-refractivity contribution >= 4 is 11.6 Å². The summed E-state index contributed by atoms with van der Waals surface area (Å²) in [6.07, 6.45) is 6.44. The van der Waals surface area contributed by atoms with E-state index < -0.39 is 5.60 Å². The molecule has 1 heterocycles. The molecule has 0 radical (unpaired) electrons. The van der Waals surface area contributed by atoms with Crippen molar-refractivity contribution in [3.05, 3.63) is 11.4 Å². The standard InChI is InChI=1S/C16H26N4O/c1-11-13(17-2)18-14(12-6-7-12)19-15(11)20(3)10-16(21)8-4-5-9-16/h12,21H,4-10H2,1-3H3,(H,17,18,19). The fourth-order valence-electron chi connectivity index (χ4n) is 3.37. The van der Waals surface area contributed by atoms with E-state index in [-0.39, 0.29) is 0 Å². The van der Waals surface area contributed by atoms with Crippen LogP contribution in [0.2, 0.25) is 0 Å². The van der Waals surface area contributed by atoms with Gasteiger partial charge in [0.15, 0.2) is 0 Å². The molecule has 0 saturated heterocycles. The average Bonchev–Trinajstić information content (AvgIpc) is 3.22. The third-order valence-electron chi connectivity index (χ3n) is 4.74. The molecule has 3 rings (SSSR count). The summed E-state index contributed by atoms with van der Waals surface area (Å²) >= 11 is 0. The summed E-state index contributed by atoms with van der Waals surface area (Å²) < 4.78 is 0. The van der Waals surface area contributed by atoms with Gasteiger partial charge in [-0.05, 0) is 32.6 Å². The van der Waals surface area contributed by atoms with E-state index >= 15 is 0 Å². The van der Waals surface area contributed by atoms with Gasteiger partial charge in [-0.1, -0.05) is 12.8 Å². The molecule has 2 saturated carbocycles. The molecule has 0 bridgehead atoms. The lowest BCUT2D eigenvalue weighted by molar-refractivity contribution is 0.0557. The van der Waals surface area contributed by atoms with E-state index in [1.54, 1.807) is 0 Å². The molecule has 0 spiro atoms. The molecule has 2 aliphatic rings. The highest BCUT2D eigenvalue weighted by atomic mass is 16.3. The van der Waals surface area contributed by atoms with Gasteiger partial charge in [0, 0.05) is 32.1 Å². The van der Waals surface area contributed by atoms with Gasteiger partial charge in [-0.25, -0.2) is 9.97 Å². The Balaban J connectivity index is 1.87. The summed E-state index contributed by atoms with van der Waals surface area (Å²) in [5.41, 5.74) is 0.511. The number of likely N-dealkylation sites (N-methyl/N-ethyl adjacent to an activating group) is 1. The molecule has 0 amide bonds. The van der Waals surface area contributed by atoms with E-state index in [2.05, 4.69) is 15.2 Å². The fraction of sp³-hybridized carbons (Fsp3) is 0.750. The Labute approximate surface area is 126 Å². The van der Waals surface area contributed by atoms with Crippen LogP contribution in [0.5, 0.6) is 0 Å². The minimum atomic E-state index is -0.550. The van der Waals surface area contributed by atoms with Crippen molar-refractivity contribution in [3.63, 3.8) is 0 Å². The molecule has 0 atom stereocenters. The van der Waals surface area contributed by atoms with E-state index in [1.807, 2.05) is 21.0 Å². The van der Waals surface area contributed by atoms with Crippen LogP contribution in [0.3, 0.4) is 0 Å². The molecule has 5 heteroatoms.